The van der Waals surface area contributed by atoms with Gasteiger partial charge in [0.2, 0.25) is 0 Å². The number of hydrogen-bond donors (Lipinski definition) is 2. The van der Waals surface area contributed by atoms with Gasteiger partial charge in [0.1, 0.15) is 5.69 Å². The first-order valence-electron chi connectivity index (χ1n) is 7.42. The van der Waals surface area contributed by atoms with Crippen molar-refractivity contribution >= 4 is 11.8 Å². The Morgan fingerprint density at radius 3 is 2.38 bits per heavy atom. The number of nitrogens with one attached hydrogen (secondary N) is 2. The van der Waals surface area contributed by atoms with Gasteiger partial charge in [0.05, 0.1) is 6.54 Å². The number of aryl methyl sites for hydroxylation is 1. The van der Waals surface area contributed by atoms with Gasteiger partial charge < -0.3 is 4.57 Å². The summed E-state index contributed by atoms with van der Waals surface area (Å²) in [5.41, 5.74) is 6.77. The molecule has 0 spiro atoms. The van der Waals surface area contributed by atoms with E-state index in [-0.39, 0.29) is 11.8 Å². The Balaban J connectivity index is 1.57. The quantitative estimate of drug-likeness (QED) is 0.711. The number of rotatable bonds is 4. The topological polar surface area (TPSA) is 81.0 Å². The Kier molecular flexibility index (Phi) is 4.42. The molecule has 0 aliphatic carbocycles. The lowest BCUT2D eigenvalue weighted by Gasteiger charge is -2.08. The second-order valence-corrected chi connectivity index (χ2v) is 5.31. The minimum absolute atomic E-state index is 0.369. The first-order chi connectivity index (χ1) is 11.6. The summed E-state index contributed by atoms with van der Waals surface area (Å²) >= 11 is 0. The van der Waals surface area contributed by atoms with Crippen LogP contribution in [0.3, 0.4) is 0 Å². The van der Waals surface area contributed by atoms with Crippen LogP contribution in [0, 0.1) is 0 Å². The molecule has 0 radical (unpaired) electrons. The van der Waals surface area contributed by atoms with E-state index in [4.69, 9.17) is 0 Å². The molecule has 0 aliphatic rings. The first kappa shape index (κ1) is 15.5. The van der Waals surface area contributed by atoms with Crippen LogP contribution in [0.4, 0.5) is 0 Å². The molecule has 0 atom stereocenters. The van der Waals surface area contributed by atoms with Gasteiger partial charge in [-0.2, -0.15) is 5.10 Å². The van der Waals surface area contributed by atoms with Crippen LogP contribution in [0.2, 0.25) is 0 Å². The molecule has 1 aromatic carbocycles. The fraction of sp³-hybridized carbons (Fsp3) is 0.118. The van der Waals surface area contributed by atoms with Gasteiger partial charge in [-0.25, -0.2) is 0 Å². The van der Waals surface area contributed by atoms with E-state index >= 15 is 0 Å². The van der Waals surface area contributed by atoms with E-state index in [1.54, 1.807) is 53.0 Å². The van der Waals surface area contributed by atoms with Crippen molar-refractivity contribution in [1.82, 2.24) is 25.2 Å². The fourth-order valence-corrected chi connectivity index (χ4v) is 2.29. The third kappa shape index (κ3) is 3.52. The molecule has 24 heavy (non-hydrogen) atoms. The van der Waals surface area contributed by atoms with Crippen molar-refractivity contribution in [3.8, 4) is 0 Å². The largest absolute Gasteiger partial charge is 0.347 e. The predicted molar refractivity (Wildman–Crippen MR) is 88.1 cm³/mol. The van der Waals surface area contributed by atoms with E-state index in [0.29, 0.717) is 17.8 Å². The lowest BCUT2D eigenvalue weighted by molar-refractivity contribution is 0.0842. The van der Waals surface area contributed by atoms with Crippen molar-refractivity contribution in [2.75, 3.05) is 0 Å². The highest BCUT2D eigenvalue weighted by molar-refractivity contribution is 5.98. The van der Waals surface area contributed by atoms with Gasteiger partial charge in [-0.15, -0.1) is 0 Å². The van der Waals surface area contributed by atoms with Crippen LogP contribution in [-0.4, -0.2) is 26.2 Å². The molecule has 0 saturated heterocycles. The Bertz CT molecular complexity index is 834. The highest BCUT2D eigenvalue weighted by Crippen LogP contribution is 2.06. The van der Waals surface area contributed by atoms with E-state index in [1.807, 2.05) is 24.4 Å². The summed E-state index contributed by atoms with van der Waals surface area (Å²) in [5.74, 6) is -0.741. The molecule has 3 aromatic rings. The van der Waals surface area contributed by atoms with E-state index in [0.717, 1.165) is 5.56 Å². The van der Waals surface area contributed by atoms with Gasteiger partial charge in [0.15, 0.2) is 0 Å². The summed E-state index contributed by atoms with van der Waals surface area (Å²) in [6.45, 7) is 0.638. The Hall–Kier alpha value is -3.35. The van der Waals surface area contributed by atoms with Crippen molar-refractivity contribution in [3.63, 3.8) is 0 Å². The minimum atomic E-state index is -0.372. The van der Waals surface area contributed by atoms with Crippen LogP contribution in [-0.2, 0) is 13.6 Å². The highest BCUT2D eigenvalue weighted by Gasteiger charge is 2.11. The number of nitrogens with zero attached hydrogens (tertiary/aromatic N) is 3. The first-order valence-corrected chi connectivity index (χ1v) is 7.42. The summed E-state index contributed by atoms with van der Waals surface area (Å²) in [6.07, 6.45) is 5.35. The van der Waals surface area contributed by atoms with Gasteiger partial charge in [-0.1, -0.05) is 12.1 Å². The van der Waals surface area contributed by atoms with Crippen LogP contribution < -0.4 is 10.9 Å². The van der Waals surface area contributed by atoms with Crippen molar-refractivity contribution in [2.45, 2.75) is 6.54 Å². The molecule has 0 saturated carbocycles. The van der Waals surface area contributed by atoms with Crippen molar-refractivity contribution < 1.29 is 9.59 Å². The van der Waals surface area contributed by atoms with Gasteiger partial charge >= 0.3 is 0 Å². The average Bonchev–Trinajstić information content (AvgIpc) is 3.24. The number of hydrazine groups is 1. The zero-order valence-electron chi connectivity index (χ0n) is 13.1. The minimum Gasteiger partial charge on any atom is -0.347 e. The number of carbonyl (C=O) groups is 2. The lowest BCUT2D eigenvalue weighted by Crippen LogP contribution is -2.42. The summed E-state index contributed by atoms with van der Waals surface area (Å²) in [4.78, 5) is 24.0. The molecular formula is C17H17N5O2. The highest BCUT2D eigenvalue weighted by atomic mass is 16.2. The van der Waals surface area contributed by atoms with E-state index in [1.165, 1.54) is 0 Å². The summed E-state index contributed by atoms with van der Waals surface area (Å²) in [6, 6.07) is 12.4. The summed E-state index contributed by atoms with van der Waals surface area (Å²) in [7, 11) is 1.76. The Labute approximate surface area is 138 Å². The molecule has 0 aliphatic heterocycles. The van der Waals surface area contributed by atoms with Gasteiger partial charge in [0.25, 0.3) is 11.8 Å². The molecule has 0 unspecified atom stereocenters. The van der Waals surface area contributed by atoms with Crippen LogP contribution in [0.25, 0.3) is 0 Å². The molecule has 2 amide bonds. The Morgan fingerprint density at radius 2 is 1.75 bits per heavy atom. The summed E-state index contributed by atoms with van der Waals surface area (Å²) in [5, 5.41) is 4.14. The average molecular weight is 323 g/mol. The molecule has 3 rings (SSSR count). The fourth-order valence-electron chi connectivity index (χ4n) is 2.29. The predicted octanol–water partition coefficient (Wildman–Crippen LogP) is 1.34. The normalized spacial score (nSPS) is 10.4. The third-order valence-corrected chi connectivity index (χ3v) is 3.59. The molecule has 2 heterocycles. The van der Waals surface area contributed by atoms with Gasteiger partial charge in [-0.3, -0.25) is 25.1 Å². The Morgan fingerprint density at radius 1 is 1.00 bits per heavy atom. The monoisotopic (exact) mass is 323 g/mol. The molecule has 0 bridgehead atoms. The van der Waals surface area contributed by atoms with Gasteiger partial charge in [0, 0.05) is 31.2 Å². The van der Waals surface area contributed by atoms with Gasteiger partial charge in [-0.05, 0) is 35.9 Å². The molecule has 7 nitrogen and oxygen atoms in total. The van der Waals surface area contributed by atoms with E-state index < -0.39 is 0 Å². The van der Waals surface area contributed by atoms with Crippen molar-refractivity contribution in [1.29, 1.82) is 0 Å². The third-order valence-electron chi connectivity index (χ3n) is 3.59. The van der Waals surface area contributed by atoms with Crippen LogP contribution in [0.15, 0.2) is 61.1 Å². The SMILES string of the molecule is Cn1cccc1C(=O)NNC(=O)c1ccc(Cn2cccn2)cc1. The maximum Gasteiger partial charge on any atom is 0.286 e. The molecule has 2 aromatic heterocycles. The second-order valence-electron chi connectivity index (χ2n) is 5.31. The molecule has 122 valence electrons. The number of hydrogen-bond acceptors (Lipinski definition) is 3. The van der Waals surface area contributed by atoms with Crippen molar-refractivity contribution in [3.05, 3.63) is 77.9 Å². The maximum atomic E-state index is 12.1. The lowest BCUT2D eigenvalue weighted by atomic mass is 10.1. The zero-order chi connectivity index (χ0) is 16.9. The standard InChI is InChI=1S/C17H17N5O2/c1-21-10-2-4-15(21)17(24)20-19-16(23)14-7-5-13(6-8-14)12-22-11-3-9-18-22/h2-11H,12H2,1H3,(H,19,23)(H,20,24). The number of carbonyl (C=O) groups excluding carboxylic acids is 2. The maximum absolute atomic E-state index is 12.1. The van der Waals surface area contributed by atoms with Crippen molar-refractivity contribution in [2.24, 2.45) is 7.05 Å². The smallest absolute Gasteiger partial charge is 0.286 e. The zero-order valence-corrected chi connectivity index (χ0v) is 13.1. The van der Waals surface area contributed by atoms with Crippen LogP contribution >= 0.6 is 0 Å². The molecular weight excluding hydrogens is 306 g/mol. The second kappa shape index (κ2) is 6.82. The van der Waals surface area contributed by atoms with E-state index in [9.17, 15) is 9.59 Å². The molecule has 0 fully saturated rings. The number of aromatic nitrogens is 3. The number of benzene rings is 1. The van der Waals surface area contributed by atoms with Crippen LogP contribution in [0.1, 0.15) is 26.4 Å². The summed E-state index contributed by atoms with van der Waals surface area (Å²) < 4.78 is 3.47. The van der Waals surface area contributed by atoms with Crippen LogP contribution in [0.5, 0.6) is 0 Å². The molecule has 2 N–H and O–H groups in total. The molecule has 7 heteroatoms. The van der Waals surface area contributed by atoms with E-state index in [2.05, 4.69) is 16.0 Å². The number of amides is 2.